The highest BCUT2D eigenvalue weighted by Crippen LogP contribution is 2.71. The zero-order valence-electron chi connectivity index (χ0n) is 23.3. The van der Waals surface area contributed by atoms with E-state index >= 15 is 0 Å². The Morgan fingerprint density at radius 2 is 1.94 bits per heavy atom. The molecule has 4 fully saturated rings. The average Bonchev–Trinajstić information content (AvgIpc) is 3.36. The number of rotatable bonds is 12. The second-order valence-electron chi connectivity index (χ2n) is 13.3. The number of aliphatic hydroxyl groups is 2. The van der Waals surface area contributed by atoms with Gasteiger partial charge in [0.2, 0.25) is 0 Å². The predicted molar refractivity (Wildman–Crippen MR) is 139 cm³/mol. The number of fused-ring (bicyclic) bond motifs is 2. The summed E-state index contributed by atoms with van der Waals surface area (Å²) in [7, 11) is 3.47. The molecule has 0 radical (unpaired) electrons. The number of ether oxygens (including phenoxy) is 3. The van der Waals surface area contributed by atoms with Crippen LogP contribution in [-0.2, 0) is 14.2 Å². The van der Waals surface area contributed by atoms with E-state index < -0.39 is 5.60 Å². The Bertz CT molecular complexity index is 764. The van der Waals surface area contributed by atoms with Crippen LogP contribution in [0.3, 0.4) is 0 Å². The first-order valence-electron chi connectivity index (χ1n) is 14.3. The molecule has 0 amide bonds. The highest BCUT2D eigenvalue weighted by Gasteiger charge is 2.73. The van der Waals surface area contributed by atoms with Crippen molar-refractivity contribution in [3.63, 3.8) is 0 Å². The van der Waals surface area contributed by atoms with Crippen LogP contribution in [-0.4, -0.2) is 55.1 Å². The number of methoxy groups -OCH3 is 2. The highest BCUT2D eigenvalue weighted by atomic mass is 16.7. The van der Waals surface area contributed by atoms with Crippen molar-refractivity contribution < 1.29 is 24.4 Å². The first-order valence-corrected chi connectivity index (χ1v) is 14.3. The van der Waals surface area contributed by atoms with E-state index in [2.05, 4.69) is 33.8 Å². The summed E-state index contributed by atoms with van der Waals surface area (Å²) < 4.78 is 17.0. The molecule has 1 unspecified atom stereocenters. The van der Waals surface area contributed by atoms with Gasteiger partial charge in [0.15, 0.2) is 0 Å². The quantitative estimate of drug-likeness (QED) is 0.263. The van der Waals surface area contributed by atoms with Gasteiger partial charge in [0.05, 0.1) is 23.9 Å². The first kappa shape index (κ1) is 27.6. The summed E-state index contributed by atoms with van der Waals surface area (Å²) in [6, 6.07) is 0. The topological polar surface area (TPSA) is 68.2 Å². The summed E-state index contributed by atoms with van der Waals surface area (Å²) in [5.41, 5.74) is 0.528. The number of aliphatic hydroxyl groups excluding tert-OH is 1. The van der Waals surface area contributed by atoms with Gasteiger partial charge in [0.1, 0.15) is 6.79 Å². The van der Waals surface area contributed by atoms with Crippen molar-refractivity contribution in [2.24, 2.45) is 34.5 Å². The molecule has 5 heteroatoms. The van der Waals surface area contributed by atoms with Crippen LogP contribution in [0, 0.1) is 34.5 Å². The van der Waals surface area contributed by atoms with Gasteiger partial charge in [-0.15, -0.1) is 0 Å². The third-order valence-electron chi connectivity index (χ3n) is 11.0. The van der Waals surface area contributed by atoms with Gasteiger partial charge in [-0.2, -0.15) is 0 Å². The van der Waals surface area contributed by atoms with Gasteiger partial charge in [-0.1, -0.05) is 38.3 Å². The SMILES string of the molecule is COCOC(C)(C)CCC[C@@H](C)[C@H]1CC[C@H]2/C(=C/[C@@H](OC)[C@]34C[C@H]3CCC4(O)CO)CCC[C@]12C. The van der Waals surface area contributed by atoms with Crippen LogP contribution in [0.5, 0.6) is 0 Å². The lowest BCUT2D eigenvalue weighted by Crippen LogP contribution is -2.47. The van der Waals surface area contributed by atoms with E-state index in [-0.39, 0.29) is 23.7 Å². The molecule has 0 aliphatic heterocycles. The molecule has 2 N–H and O–H groups in total. The number of hydrogen-bond acceptors (Lipinski definition) is 5. The summed E-state index contributed by atoms with van der Waals surface area (Å²) in [6.45, 7) is 9.58. The van der Waals surface area contributed by atoms with Crippen LogP contribution >= 0.6 is 0 Å². The lowest BCUT2D eigenvalue weighted by atomic mass is 9.60. The maximum absolute atomic E-state index is 11.3. The minimum Gasteiger partial charge on any atom is -0.393 e. The second kappa shape index (κ2) is 10.4. The minimum atomic E-state index is -0.985. The fourth-order valence-electron chi connectivity index (χ4n) is 8.94. The van der Waals surface area contributed by atoms with E-state index in [9.17, 15) is 10.2 Å². The Labute approximate surface area is 214 Å². The molecule has 4 aliphatic carbocycles. The van der Waals surface area contributed by atoms with Crippen molar-refractivity contribution in [1.29, 1.82) is 0 Å². The summed E-state index contributed by atoms with van der Waals surface area (Å²) in [6.07, 6.45) is 14.8. The predicted octanol–water partition coefficient (Wildman–Crippen LogP) is 5.87. The van der Waals surface area contributed by atoms with Gasteiger partial charge in [-0.3, -0.25) is 0 Å². The van der Waals surface area contributed by atoms with Crippen LogP contribution in [0.4, 0.5) is 0 Å². The molecule has 4 aliphatic rings. The van der Waals surface area contributed by atoms with Crippen molar-refractivity contribution in [2.75, 3.05) is 27.6 Å². The Morgan fingerprint density at radius 1 is 1.17 bits per heavy atom. The van der Waals surface area contributed by atoms with Crippen LogP contribution in [0.1, 0.15) is 98.3 Å². The molecular formula is C30H52O5. The number of allylic oxidation sites excluding steroid dienone is 1. The van der Waals surface area contributed by atoms with Crippen LogP contribution < -0.4 is 0 Å². The van der Waals surface area contributed by atoms with Crippen molar-refractivity contribution in [3.05, 3.63) is 11.6 Å². The zero-order valence-corrected chi connectivity index (χ0v) is 23.3. The Morgan fingerprint density at radius 3 is 2.60 bits per heavy atom. The van der Waals surface area contributed by atoms with Gasteiger partial charge >= 0.3 is 0 Å². The minimum absolute atomic E-state index is 0.0877. The molecule has 0 bridgehead atoms. The van der Waals surface area contributed by atoms with Gasteiger partial charge < -0.3 is 24.4 Å². The lowest BCUT2D eigenvalue weighted by Gasteiger charge is -2.45. The molecule has 0 aromatic carbocycles. The normalized spacial score (nSPS) is 41.6. The fourth-order valence-corrected chi connectivity index (χ4v) is 8.94. The lowest BCUT2D eigenvalue weighted by molar-refractivity contribution is -0.118. The maximum Gasteiger partial charge on any atom is 0.147 e. The molecular weight excluding hydrogens is 440 g/mol. The van der Waals surface area contributed by atoms with Crippen LogP contribution in [0.2, 0.25) is 0 Å². The first-order chi connectivity index (χ1) is 16.6. The standard InChI is InChI=1S/C30H52O5/c1-21(9-7-14-27(2,3)35-20-33-5)24-11-12-25-22(10-8-15-28(24,25)4)17-26(34-6)30-18-23(30)13-16-29(30,32)19-31/h17,21,23-26,31-32H,7-16,18-20H2,1-6H3/b22-17+/t21-,23-,24-,25+,26-,28-,29?,30+/m1/s1. The molecule has 8 atom stereocenters. The Hall–Kier alpha value is -0.460. The smallest absolute Gasteiger partial charge is 0.147 e. The maximum atomic E-state index is 11.3. The molecule has 0 aromatic heterocycles. The van der Waals surface area contributed by atoms with E-state index in [1.807, 2.05) is 0 Å². The number of hydrogen-bond donors (Lipinski definition) is 2. The Balaban J connectivity index is 1.43. The Kier molecular flexibility index (Phi) is 8.16. The third-order valence-corrected chi connectivity index (χ3v) is 11.0. The molecule has 4 saturated carbocycles. The van der Waals surface area contributed by atoms with Crippen LogP contribution in [0.25, 0.3) is 0 Å². The van der Waals surface area contributed by atoms with Gasteiger partial charge in [-0.25, -0.2) is 0 Å². The van der Waals surface area contributed by atoms with Gasteiger partial charge in [-0.05, 0) is 101 Å². The van der Waals surface area contributed by atoms with E-state index in [1.165, 1.54) is 38.5 Å². The average molecular weight is 493 g/mol. The zero-order chi connectivity index (χ0) is 25.5. The summed E-state index contributed by atoms with van der Waals surface area (Å²) in [4.78, 5) is 0. The fraction of sp³-hybridized carbons (Fsp3) is 0.933. The van der Waals surface area contributed by atoms with Gasteiger partial charge in [0.25, 0.3) is 0 Å². The second-order valence-corrected chi connectivity index (χ2v) is 13.3. The third kappa shape index (κ3) is 4.90. The molecule has 0 saturated heterocycles. The van der Waals surface area contributed by atoms with Gasteiger partial charge in [0, 0.05) is 19.6 Å². The summed E-state index contributed by atoms with van der Waals surface area (Å²) in [5, 5.41) is 21.3. The molecule has 35 heavy (non-hydrogen) atoms. The summed E-state index contributed by atoms with van der Waals surface area (Å²) >= 11 is 0. The largest absolute Gasteiger partial charge is 0.393 e. The molecule has 202 valence electrons. The summed E-state index contributed by atoms with van der Waals surface area (Å²) in [5.74, 6) is 2.58. The highest BCUT2D eigenvalue weighted by molar-refractivity contribution is 5.29. The molecule has 0 heterocycles. The van der Waals surface area contributed by atoms with E-state index in [0.717, 1.165) is 31.6 Å². The molecule has 0 aromatic rings. The van der Waals surface area contributed by atoms with E-state index in [0.29, 0.717) is 36.4 Å². The molecule has 0 spiro atoms. The van der Waals surface area contributed by atoms with Crippen molar-refractivity contribution in [2.45, 2.75) is 116 Å². The molecule has 4 rings (SSSR count). The molecule has 5 nitrogen and oxygen atoms in total. The van der Waals surface area contributed by atoms with Crippen LogP contribution in [0.15, 0.2) is 11.6 Å². The van der Waals surface area contributed by atoms with Crippen molar-refractivity contribution >= 4 is 0 Å². The van der Waals surface area contributed by atoms with Crippen molar-refractivity contribution in [3.8, 4) is 0 Å². The monoisotopic (exact) mass is 492 g/mol. The van der Waals surface area contributed by atoms with E-state index in [1.54, 1.807) is 19.8 Å². The van der Waals surface area contributed by atoms with E-state index in [4.69, 9.17) is 14.2 Å². The van der Waals surface area contributed by atoms with Crippen molar-refractivity contribution in [1.82, 2.24) is 0 Å².